The molecule has 0 unspecified atom stereocenters. The maximum absolute atomic E-state index is 13.4. The van der Waals surface area contributed by atoms with Crippen LogP contribution in [0, 0.1) is 27.7 Å². The Kier molecular flexibility index (Phi) is 5.60. The van der Waals surface area contributed by atoms with Gasteiger partial charge in [-0.15, -0.1) is 0 Å². The van der Waals surface area contributed by atoms with Gasteiger partial charge in [0, 0.05) is 16.9 Å². The standard InChI is InChI=1S/C26H24N4O5/c1-14-5-6-15(2)19(9-14)27-22(31)12-30-17(4)10-16(3)23(26(30)32)25-28-24(29-35-25)18-7-8-20-21(11-18)34-13-33-20/h5-11H,12-13H2,1-4H3,(H,27,31). The van der Waals surface area contributed by atoms with Crippen molar-refractivity contribution in [1.29, 1.82) is 0 Å². The lowest BCUT2D eigenvalue weighted by atomic mass is 10.1. The maximum atomic E-state index is 13.4. The van der Waals surface area contributed by atoms with E-state index in [4.69, 9.17) is 14.0 Å². The van der Waals surface area contributed by atoms with Crippen molar-refractivity contribution in [3.05, 3.63) is 75.2 Å². The number of hydrogen-bond acceptors (Lipinski definition) is 7. The Morgan fingerprint density at radius 2 is 1.80 bits per heavy atom. The number of aromatic nitrogens is 3. The number of nitrogens with one attached hydrogen (secondary N) is 1. The summed E-state index contributed by atoms with van der Waals surface area (Å²) in [4.78, 5) is 30.7. The molecule has 0 fully saturated rings. The van der Waals surface area contributed by atoms with E-state index in [0.717, 1.165) is 16.8 Å². The number of benzene rings is 2. The van der Waals surface area contributed by atoms with Crippen LogP contribution in [0.1, 0.15) is 22.4 Å². The Hall–Kier alpha value is -4.40. The molecule has 0 saturated carbocycles. The monoisotopic (exact) mass is 472 g/mol. The highest BCUT2D eigenvalue weighted by atomic mass is 16.7. The van der Waals surface area contributed by atoms with Gasteiger partial charge in [0.15, 0.2) is 11.5 Å². The van der Waals surface area contributed by atoms with E-state index in [-0.39, 0.29) is 36.3 Å². The molecule has 35 heavy (non-hydrogen) atoms. The van der Waals surface area contributed by atoms with Crippen LogP contribution in [-0.2, 0) is 11.3 Å². The molecule has 0 atom stereocenters. The molecular weight excluding hydrogens is 448 g/mol. The third kappa shape index (κ3) is 4.28. The highest BCUT2D eigenvalue weighted by Gasteiger charge is 2.22. The van der Waals surface area contributed by atoms with Crippen molar-refractivity contribution in [3.63, 3.8) is 0 Å². The van der Waals surface area contributed by atoms with Gasteiger partial charge in [0.25, 0.3) is 11.4 Å². The summed E-state index contributed by atoms with van der Waals surface area (Å²) in [5.74, 6) is 1.34. The fourth-order valence-corrected chi connectivity index (χ4v) is 4.07. The van der Waals surface area contributed by atoms with Crippen molar-refractivity contribution in [1.82, 2.24) is 14.7 Å². The number of nitrogens with zero attached hydrogens (tertiary/aromatic N) is 3. The molecule has 2 aromatic heterocycles. The molecular formula is C26H24N4O5. The average Bonchev–Trinajstić information content (AvgIpc) is 3.48. The third-order valence-electron chi connectivity index (χ3n) is 5.94. The Balaban J connectivity index is 1.45. The van der Waals surface area contributed by atoms with Gasteiger partial charge >= 0.3 is 0 Å². The Labute approximate surface area is 201 Å². The number of rotatable bonds is 5. The zero-order chi connectivity index (χ0) is 24.7. The number of hydrogen-bond donors (Lipinski definition) is 1. The Morgan fingerprint density at radius 1 is 1.00 bits per heavy atom. The number of pyridine rings is 1. The zero-order valence-electron chi connectivity index (χ0n) is 19.8. The van der Waals surface area contributed by atoms with Crippen LogP contribution in [0.2, 0.25) is 0 Å². The normalized spacial score (nSPS) is 12.1. The van der Waals surface area contributed by atoms with E-state index < -0.39 is 0 Å². The summed E-state index contributed by atoms with van der Waals surface area (Å²) in [5.41, 5.74) is 4.59. The second-order valence-electron chi connectivity index (χ2n) is 8.59. The molecule has 1 amide bonds. The van der Waals surface area contributed by atoms with Crippen LogP contribution in [0.5, 0.6) is 11.5 Å². The average molecular weight is 473 g/mol. The SMILES string of the molecule is Cc1ccc(C)c(NC(=O)Cn2c(C)cc(C)c(-c3nc(-c4ccc5c(c4)OCO5)no3)c2=O)c1. The maximum Gasteiger partial charge on any atom is 0.264 e. The van der Waals surface area contributed by atoms with E-state index >= 15 is 0 Å². The van der Waals surface area contributed by atoms with Gasteiger partial charge in [-0.25, -0.2) is 0 Å². The molecule has 1 N–H and O–H groups in total. The van der Waals surface area contributed by atoms with E-state index in [2.05, 4.69) is 15.5 Å². The number of aryl methyl sites for hydroxylation is 4. The molecule has 178 valence electrons. The van der Waals surface area contributed by atoms with E-state index in [9.17, 15) is 9.59 Å². The lowest BCUT2D eigenvalue weighted by Crippen LogP contribution is -2.30. The summed E-state index contributed by atoms with van der Waals surface area (Å²) < 4.78 is 17.6. The minimum atomic E-state index is -0.375. The fourth-order valence-electron chi connectivity index (χ4n) is 4.07. The molecule has 0 saturated heterocycles. The molecule has 0 radical (unpaired) electrons. The minimum Gasteiger partial charge on any atom is -0.454 e. The van der Waals surface area contributed by atoms with Gasteiger partial charge in [-0.1, -0.05) is 17.3 Å². The molecule has 1 aliphatic heterocycles. The zero-order valence-corrected chi connectivity index (χ0v) is 19.8. The van der Waals surface area contributed by atoms with Gasteiger partial charge in [0.2, 0.25) is 18.5 Å². The number of fused-ring (bicyclic) bond motifs is 1. The van der Waals surface area contributed by atoms with Crippen LogP contribution in [0.3, 0.4) is 0 Å². The Morgan fingerprint density at radius 3 is 2.63 bits per heavy atom. The summed E-state index contributed by atoms with van der Waals surface area (Å²) in [5, 5.41) is 6.95. The van der Waals surface area contributed by atoms with E-state index in [1.54, 1.807) is 32.0 Å². The first-order valence-electron chi connectivity index (χ1n) is 11.1. The first-order valence-corrected chi connectivity index (χ1v) is 11.1. The lowest BCUT2D eigenvalue weighted by molar-refractivity contribution is -0.116. The second kappa shape index (κ2) is 8.75. The molecule has 4 aromatic rings. The summed E-state index contributed by atoms with van der Waals surface area (Å²) in [7, 11) is 0. The number of ether oxygens (including phenoxy) is 2. The molecule has 9 nitrogen and oxygen atoms in total. The molecule has 2 aromatic carbocycles. The van der Waals surface area contributed by atoms with Crippen LogP contribution >= 0.6 is 0 Å². The molecule has 5 rings (SSSR count). The first-order chi connectivity index (χ1) is 16.8. The lowest BCUT2D eigenvalue weighted by Gasteiger charge is -2.14. The van der Waals surface area contributed by atoms with E-state index in [0.29, 0.717) is 34.1 Å². The summed E-state index contributed by atoms with van der Waals surface area (Å²) in [6.07, 6.45) is 0. The number of carbonyl (C=O) groups excluding carboxylic acids is 1. The van der Waals surface area contributed by atoms with Crippen LogP contribution in [-0.4, -0.2) is 27.4 Å². The molecule has 0 bridgehead atoms. The van der Waals surface area contributed by atoms with Crippen molar-refractivity contribution >= 4 is 11.6 Å². The van der Waals surface area contributed by atoms with Crippen molar-refractivity contribution in [3.8, 4) is 34.3 Å². The molecule has 1 aliphatic rings. The van der Waals surface area contributed by atoms with Crippen molar-refractivity contribution < 1.29 is 18.8 Å². The molecule has 9 heteroatoms. The summed E-state index contributed by atoms with van der Waals surface area (Å²) in [6, 6.07) is 13.0. The summed E-state index contributed by atoms with van der Waals surface area (Å²) >= 11 is 0. The van der Waals surface area contributed by atoms with Crippen LogP contribution in [0.4, 0.5) is 5.69 Å². The number of carbonyl (C=O) groups is 1. The summed E-state index contributed by atoms with van der Waals surface area (Å²) in [6.45, 7) is 7.48. The molecule has 3 heterocycles. The van der Waals surface area contributed by atoms with Crippen molar-refractivity contribution in [2.75, 3.05) is 12.1 Å². The second-order valence-corrected chi connectivity index (χ2v) is 8.59. The topological polar surface area (TPSA) is 108 Å². The molecule has 0 aliphatic carbocycles. The van der Waals surface area contributed by atoms with Crippen LogP contribution < -0.4 is 20.3 Å². The van der Waals surface area contributed by atoms with E-state index in [1.165, 1.54) is 4.57 Å². The van der Waals surface area contributed by atoms with Gasteiger partial charge in [-0.2, -0.15) is 4.98 Å². The first kappa shape index (κ1) is 22.4. The van der Waals surface area contributed by atoms with Gasteiger partial charge in [-0.3, -0.25) is 9.59 Å². The minimum absolute atomic E-state index is 0.0869. The predicted octanol–water partition coefficient (Wildman–Crippen LogP) is 4.17. The van der Waals surface area contributed by atoms with E-state index in [1.807, 2.05) is 38.1 Å². The number of amides is 1. The fraction of sp³-hybridized carbons (Fsp3) is 0.231. The Bertz CT molecular complexity index is 1520. The molecule has 0 spiro atoms. The highest BCUT2D eigenvalue weighted by molar-refractivity contribution is 5.91. The van der Waals surface area contributed by atoms with Gasteiger partial charge < -0.3 is 23.9 Å². The highest BCUT2D eigenvalue weighted by Crippen LogP contribution is 2.35. The largest absolute Gasteiger partial charge is 0.454 e. The van der Waals surface area contributed by atoms with Crippen molar-refractivity contribution in [2.24, 2.45) is 0 Å². The number of anilines is 1. The van der Waals surface area contributed by atoms with Crippen LogP contribution in [0.25, 0.3) is 22.8 Å². The van der Waals surface area contributed by atoms with Crippen LogP contribution in [0.15, 0.2) is 51.8 Å². The van der Waals surface area contributed by atoms with Gasteiger partial charge in [-0.05, 0) is 74.7 Å². The van der Waals surface area contributed by atoms with Gasteiger partial charge in [0.05, 0.1) is 0 Å². The quantitative estimate of drug-likeness (QED) is 0.464. The van der Waals surface area contributed by atoms with Gasteiger partial charge in [0.1, 0.15) is 12.1 Å². The predicted molar refractivity (Wildman–Crippen MR) is 130 cm³/mol. The third-order valence-corrected chi connectivity index (χ3v) is 5.94. The van der Waals surface area contributed by atoms with Crippen molar-refractivity contribution in [2.45, 2.75) is 34.2 Å². The smallest absolute Gasteiger partial charge is 0.264 e.